The van der Waals surface area contributed by atoms with Gasteiger partial charge in [-0.05, 0) is 37.6 Å². The molecule has 10 heteroatoms. The molecule has 0 fully saturated rings. The second kappa shape index (κ2) is 7.08. The molecule has 0 saturated carbocycles. The summed E-state index contributed by atoms with van der Waals surface area (Å²) < 4.78 is 56.5. The Balaban J connectivity index is 2.24. The maximum absolute atomic E-state index is 12.7. The second-order valence-electron chi connectivity index (χ2n) is 5.71. The van der Waals surface area contributed by atoms with Crippen LogP contribution in [-0.4, -0.2) is 25.1 Å². The predicted octanol–water partition coefficient (Wildman–Crippen LogP) is 4.84. The van der Waals surface area contributed by atoms with Crippen LogP contribution in [0.2, 0.25) is 0 Å². The van der Waals surface area contributed by atoms with Gasteiger partial charge in [0.15, 0.2) is 11.5 Å². The van der Waals surface area contributed by atoms with E-state index in [1.807, 2.05) is 6.07 Å². The van der Waals surface area contributed by atoms with E-state index in [4.69, 9.17) is 4.18 Å². The molecule has 0 saturated heterocycles. The van der Waals surface area contributed by atoms with Crippen LogP contribution < -0.4 is 4.18 Å². The number of carbonyl (C=O) groups excluding carboxylic acids is 1. The number of aromatic nitrogens is 2. The standard InChI is InChI=1S/C17H12BrF3N2O3S/c1-9-8-23-14(7-13(22-23)11-4-3-5-12(18)6-11)16(15(9)10(2)24)26-27(25)17(19,20)21/h3-8H,1-2H3. The van der Waals surface area contributed by atoms with E-state index in [9.17, 15) is 22.2 Å². The zero-order valence-corrected chi connectivity index (χ0v) is 16.4. The highest BCUT2D eigenvalue weighted by Gasteiger charge is 2.41. The van der Waals surface area contributed by atoms with Crippen LogP contribution in [0.1, 0.15) is 22.8 Å². The zero-order valence-electron chi connectivity index (χ0n) is 14.0. The summed E-state index contributed by atoms with van der Waals surface area (Å²) in [6, 6.07) is 8.65. The van der Waals surface area contributed by atoms with Crippen LogP contribution >= 0.6 is 15.9 Å². The number of carbonyl (C=O) groups is 1. The highest BCUT2D eigenvalue weighted by atomic mass is 79.9. The number of halogens is 4. The van der Waals surface area contributed by atoms with Crippen molar-refractivity contribution in [2.45, 2.75) is 19.4 Å². The molecule has 5 nitrogen and oxygen atoms in total. The van der Waals surface area contributed by atoms with Crippen molar-refractivity contribution in [1.82, 2.24) is 9.61 Å². The van der Waals surface area contributed by atoms with Crippen molar-refractivity contribution >= 4 is 38.3 Å². The summed E-state index contributed by atoms with van der Waals surface area (Å²) >= 11 is -0.274. The molecule has 0 amide bonds. The average Bonchev–Trinajstić information content (AvgIpc) is 2.97. The molecule has 2 aromatic heterocycles. The Bertz CT molecular complexity index is 1080. The summed E-state index contributed by atoms with van der Waals surface area (Å²) in [5.74, 6) is -0.915. The molecular formula is C17H12BrF3N2O3S. The minimum Gasteiger partial charge on any atom is -0.391 e. The fourth-order valence-corrected chi connectivity index (χ4v) is 3.47. The van der Waals surface area contributed by atoms with Gasteiger partial charge in [0.1, 0.15) is 5.52 Å². The molecule has 142 valence electrons. The van der Waals surface area contributed by atoms with E-state index in [1.165, 1.54) is 23.7 Å². The third-order valence-corrected chi connectivity index (χ3v) is 4.92. The first-order valence-electron chi connectivity index (χ1n) is 7.54. The molecule has 2 heterocycles. The molecule has 0 radical (unpaired) electrons. The first-order valence-corrected chi connectivity index (χ1v) is 9.41. The molecule has 1 unspecified atom stereocenters. The Morgan fingerprint density at radius 2 is 2.00 bits per heavy atom. The number of ketones is 1. The highest BCUT2D eigenvalue weighted by molar-refractivity contribution is 9.10. The van der Waals surface area contributed by atoms with E-state index >= 15 is 0 Å². The summed E-state index contributed by atoms with van der Waals surface area (Å²) in [4.78, 5) is 12.0. The van der Waals surface area contributed by atoms with E-state index in [2.05, 4.69) is 21.0 Å². The Morgan fingerprint density at radius 3 is 2.59 bits per heavy atom. The number of aryl methyl sites for hydroxylation is 1. The van der Waals surface area contributed by atoms with E-state index in [0.717, 1.165) is 4.47 Å². The monoisotopic (exact) mass is 460 g/mol. The number of hydrogen-bond donors (Lipinski definition) is 0. The molecule has 3 aromatic rings. The van der Waals surface area contributed by atoms with Crippen LogP contribution in [0.4, 0.5) is 13.2 Å². The minimum atomic E-state index is -5.08. The Hall–Kier alpha value is -2.20. The second-order valence-corrected chi connectivity index (χ2v) is 7.72. The van der Waals surface area contributed by atoms with E-state index in [-0.39, 0.29) is 11.1 Å². The molecular weight excluding hydrogens is 449 g/mol. The number of rotatable bonds is 4. The van der Waals surface area contributed by atoms with Crippen molar-refractivity contribution in [3.05, 3.63) is 52.1 Å². The average molecular weight is 461 g/mol. The SMILES string of the molecule is CC(=O)c1c(C)cn2nc(-c3cccc(Br)c3)cc2c1OS(=O)C(F)(F)F. The van der Waals surface area contributed by atoms with Gasteiger partial charge in [-0.1, -0.05) is 28.1 Å². The predicted molar refractivity (Wildman–Crippen MR) is 97.9 cm³/mol. The minimum absolute atomic E-state index is 0.0687. The molecule has 1 aromatic carbocycles. The topological polar surface area (TPSA) is 60.7 Å². The Labute approximate surface area is 162 Å². The maximum atomic E-state index is 12.7. The van der Waals surface area contributed by atoms with Crippen molar-refractivity contribution in [2.24, 2.45) is 0 Å². The van der Waals surface area contributed by atoms with Gasteiger partial charge < -0.3 is 4.18 Å². The van der Waals surface area contributed by atoms with Crippen LogP contribution in [-0.2, 0) is 11.1 Å². The lowest BCUT2D eigenvalue weighted by Gasteiger charge is -2.13. The third kappa shape index (κ3) is 3.91. The number of fused-ring (bicyclic) bond motifs is 1. The van der Waals surface area contributed by atoms with E-state index < -0.39 is 28.1 Å². The third-order valence-electron chi connectivity index (χ3n) is 3.73. The maximum Gasteiger partial charge on any atom is 0.508 e. The molecule has 0 spiro atoms. The lowest BCUT2D eigenvalue weighted by atomic mass is 10.1. The number of pyridine rings is 1. The normalized spacial score (nSPS) is 13.0. The molecule has 0 aliphatic rings. The summed E-state index contributed by atoms with van der Waals surface area (Å²) in [5, 5.41) is 4.34. The van der Waals surface area contributed by atoms with Gasteiger partial charge in [0.2, 0.25) is 0 Å². The van der Waals surface area contributed by atoms with Gasteiger partial charge >= 0.3 is 16.6 Å². The first-order chi connectivity index (χ1) is 12.6. The van der Waals surface area contributed by atoms with Gasteiger partial charge in [-0.3, -0.25) is 4.79 Å². The van der Waals surface area contributed by atoms with Crippen LogP contribution in [0, 0.1) is 6.92 Å². The lowest BCUT2D eigenvalue weighted by molar-refractivity contribution is -0.0437. The largest absolute Gasteiger partial charge is 0.508 e. The van der Waals surface area contributed by atoms with E-state index in [1.54, 1.807) is 25.1 Å². The smallest absolute Gasteiger partial charge is 0.391 e. The van der Waals surface area contributed by atoms with Gasteiger partial charge in [-0.15, -0.1) is 0 Å². The summed E-state index contributed by atoms with van der Waals surface area (Å²) in [6.07, 6.45) is 1.51. The fourth-order valence-electron chi connectivity index (χ4n) is 2.65. The molecule has 0 aliphatic carbocycles. The molecule has 0 bridgehead atoms. The summed E-state index contributed by atoms with van der Waals surface area (Å²) in [7, 11) is 0. The molecule has 1 atom stereocenters. The lowest BCUT2D eigenvalue weighted by Crippen LogP contribution is -2.22. The number of hydrogen-bond acceptors (Lipinski definition) is 4. The number of alkyl halides is 3. The van der Waals surface area contributed by atoms with Crippen LogP contribution in [0.5, 0.6) is 5.75 Å². The van der Waals surface area contributed by atoms with Gasteiger partial charge in [0, 0.05) is 16.2 Å². The Morgan fingerprint density at radius 1 is 1.30 bits per heavy atom. The molecule has 27 heavy (non-hydrogen) atoms. The molecule has 3 rings (SSSR count). The van der Waals surface area contributed by atoms with Crippen LogP contribution in [0.25, 0.3) is 16.8 Å². The van der Waals surface area contributed by atoms with E-state index in [0.29, 0.717) is 16.8 Å². The zero-order chi connectivity index (χ0) is 19.9. The first kappa shape index (κ1) is 19.6. The fraction of sp³-hybridized carbons (Fsp3) is 0.176. The van der Waals surface area contributed by atoms with Crippen molar-refractivity contribution < 1.29 is 26.4 Å². The highest BCUT2D eigenvalue weighted by Crippen LogP contribution is 2.34. The van der Waals surface area contributed by atoms with Gasteiger partial charge in [-0.2, -0.15) is 18.3 Å². The molecule has 0 N–H and O–H groups in total. The van der Waals surface area contributed by atoms with Crippen molar-refractivity contribution in [3.8, 4) is 17.0 Å². The van der Waals surface area contributed by atoms with Gasteiger partial charge in [-0.25, -0.2) is 8.72 Å². The van der Waals surface area contributed by atoms with Crippen molar-refractivity contribution in [1.29, 1.82) is 0 Å². The van der Waals surface area contributed by atoms with Crippen LogP contribution in [0.3, 0.4) is 0 Å². The van der Waals surface area contributed by atoms with Crippen molar-refractivity contribution in [3.63, 3.8) is 0 Å². The molecule has 0 aliphatic heterocycles. The number of Topliss-reactive ketones (excluding diaryl/α,β-unsaturated/α-hetero) is 1. The van der Waals surface area contributed by atoms with Crippen LogP contribution in [0.15, 0.2) is 41.0 Å². The summed E-state index contributed by atoms with van der Waals surface area (Å²) in [6.45, 7) is 2.74. The van der Waals surface area contributed by atoms with Crippen molar-refractivity contribution in [2.75, 3.05) is 0 Å². The number of benzene rings is 1. The Kier molecular flexibility index (Phi) is 5.13. The quantitative estimate of drug-likeness (QED) is 0.522. The number of nitrogens with zero attached hydrogens (tertiary/aromatic N) is 2. The summed E-state index contributed by atoms with van der Waals surface area (Å²) in [5.41, 5.74) is -3.52. The van der Waals surface area contributed by atoms with Gasteiger partial charge in [0.25, 0.3) is 0 Å². The van der Waals surface area contributed by atoms with Gasteiger partial charge in [0.05, 0.1) is 11.3 Å².